The highest BCUT2D eigenvalue weighted by Crippen LogP contribution is 2.36. The smallest absolute Gasteiger partial charge is 0.309 e. The van der Waals surface area contributed by atoms with Crippen LogP contribution in [-0.2, 0) is 4.65 Å². The average molecular weight is 527 g/mol. The Hall–Kier alpha value is -4.33. The lowest BCUT2D eigenvalue weighted by Crippen LogP contribution is -2.49. The van der Waals surface area contributed by atoms with Gasteiger partial charge in [0.15, 0.2) is 17.5 Å². The van der Waals surface area contributed by atoms with Gasteiger partial charge < -0.3 is 14.2 Å². The summed E-state index contributed by atoms with van der Waals surface area (Å²) in [5, 5.41) is 12.4. The predicted molar refractivity (Wildman–Crippen MR) is 162 cm³/mol. The van der Waals surface area contributed by atoms with Crippen LogP contribution in [-0.4, -0.2) is 38.7 Å². The molecule has 0 aliphatic rings. The molecule has 6 aromatic rings. The van der Waals surface area contributed by atoms with Crippen molar-refractivity contribution in [1.29, 1.82) is 0 Å². The zero-order valence-electron chi connectivity index (χ0n) is 23.1. The molecule has 2 heterocycles. The molecule has 7 heteroatoms. The number of rotatable bonds is 7. The summed E-state index contributed by atoms with van der Waals surface area (Å²) in [4.78, 5) is 14.7. The van der Waals surface area contributed by atoms with Crippen LogP contribution in [0.2, 0.25) is 0 Å². The molecule has 0 amide bonds. The first-order chi connectivity index (χ1) is 19.2. The molecule has 4 aromatic carbocycles. The van der Waals surface area contributed by atoms with Gasteiger partial charge in [0.25, 0.3) is 0 Å². The van der Waals surface area contributed by atoms with Crippen molar-refractivity contribution in [2.75, 3.05) is 0 Å². The molecule has 0 aliphatic carbocycles. The quantitative estimate of drug-likeness (QED) is 0.245. The first-order valence-electron chi connectivity index (χ1n) is 13.4. The third-order valence-corrected chi connectivity index (χ3v) is 7.60. The first-order valence-corrected chi connectivity index (χ1v) is 13.4. The van der Waals surface area contributed by atoms with Crippen molar-refractivity contribution < 1.29 is 14.2 Å². The molecular weight excluding hydrogens is 497 g/mol. The van der Waals surface area contributed by atoms with Crippen LogP contribution in [0.4, 0.5) is 0 Å². The van der Waals surface area contributed by atoms with Gasteiger partial charge in [-0.15, -0.1) is 0 Å². The molecule has 6 nitrogen and oxygen atoms in total. The highest BCUT2D eigenvalue weighted by Gasteiger charge is 2.35. The van der Waals surface area contributed by atoms with Crippen LogP contribution in [0.1, 0.15) is 27.7 Å². The Kier molecular flexibility index (Phi) is 6.49. The summed E-state index contributed by atoms with van der Waals surface area (Å²) in [5.41, 5.74) is 3.62. The second kappa shape index (κ2) is 10.0. The number of aromatic nitrogens is 3. The normalized spacial score (nSPS) is 12.2. The summed E-state index contributed by atoms with van der Waals surface area (Å²) in [6.45, 7) is 7.29. The molecule has 6 rings (SSSR count). The summed E-state index contributed by atoms with van der Waals surface area (Å²) in [6.07, 6.45) is 0. The van der Waals surface area contributed by atoms with E-state index in [1.165, 1.54) is 0 Å². The van der Waals surface area contributed by atoms with Crippen LogP contribution in [0, 0.1) is 0 Å². The number of benzene rings is 4. The Morgan fingerprint density at radius 1 is 0.650 bits per heavy atom. The lowest BCUT2D eigenvalue weighted by Gasteiger charge is -2.37. The lowest BCUT2D eigenvalue weighted by atomic mass is 9.82. The van der Waals surface area contributed by atoms with Crippen LogP contribution in [0.25, 0.3) is 56.1 Å². The van der Waals surface area contributed by atoms with Crippen molar-refractivity contribution >= 4 is 34.9 Å². The number of fused-ring (bicyclic) bond motifs is 3. The summed E-state index contributed by atoms with van der Waals surface area (Å²) >= 11 is 0. The number of para-hydroxylation sites is 1. The maximum absolute atomic E-state index is 10.4. The number of hydrogen-bond donors (Lipinski definition) is 1. The maximum atomic E-state index is 10.4. The van der Waals surface area contributed by atoms with Crippen molar-refractivity contribution in [2.45, 2.75) is 38.9 Å². The van der Waals surface area contributed by atoms with E-state index in [0.29, 0.717) is 25.0 Å². The van der Waals surface area contributed by atoms with E-state index in [1.807, 2.05) is 105 Å². The number of hydrogen-bond acceptors (Lipinski definition) is 6. The van der Waals surface area contributed by atoms with E-state index in [-0.39, 0.29) is 0 Å². The van der Waals surface area contributed by atoms with Crippen LogP contribution >= 0.6 is 0 Å². The van der Waals surface area contributed by atoms with Crippen molar-refractivity contribution in [2.24, 2.45) is 0 Å². The Morgan fingerprint density at radius 3 is 1.95 bits per heavy atom. The number of nitrogens with zero attached hydrogens (tertiary/aromatic N) is 3. The van der Waals surface area contributed by atoms with Gasteiger partial charge in [0.2, 0.25) is 0 Å². The summed E-state index contributed by atoms with van der Waals surface area (Å²) < 4.78 is 12.2. The average Bonchev–Trinajstić information content (AvgIpc) is 3.35. The minimum absolute atomic E-state index is 0.380. The van der Waals surface area contributed by atoms with E-state index in [9.17, 15) is 5.11 Å². The topological polar surface area (TPSA) is 81.3 Å². The van der Waals surface area contributed by atoms with Crippen molar-refractivity contribution in [3.8, 4) is 34.2 Å². The second-order valence-corrected chi connectivity index (χ2v) is 11.0. The van der Waals surface area contributed by atoms with Gasteiger partial charge >= 0.3 is 7.48 Å². The molecule has 0 saturated heterocycles. The summed E-state index contributed by atoms with van der Waals surface area (Å²) in [6, 6.07) is 31.9. The van der Waals surface area contributed by atoms with Crippen LogP contribution in [0.3, 0.4) is 0 Å². The molecule has 2 aromatic heterocycles. The molecule has 198 valence electrons. The molecule has 0 spiro atoms. The van der Waals surface area contributed by atoms with Crippen LogP contribution in [0.5, 0.6) is 0 Å². The van der Waals surface area contributed by atoms with Gasteiger partial charge in [-0.3, -0.25) is 0 Å². The fourth-order valence-corrected chi connectivity index (χ4v) is 4.49. The predicted octanol–water partition coefficient (Wildman–Crippen LogP) is 6.31. The zero-order valence-corrected chi connectivity index (χ0v) is 23.1. The van der Waals surface area contributed by atoms with Gasteiger partial charge in [-0.25, -0.2) is 15.0 Å². The van der Waals surface area contributed by atoms with Crippen molar-refractivity contribution in [3.63, 3.8) is 0 Å². The first kappa shape index (κ1) is 25.9. The highest BCUT2D eigenvalue weighted by atomic mass is 16.5. The molecular formula is C33H30BN3O3. The third kappa shape index (κ3) is 4.90. The third-order valence-electron chi connectivity index (χ3n) is 7.60. The molecule has 1 N–H and O–H groups in total. The minimum Gasteiger partial charge on any atom is -0.456 e. The fraction of sp³-hybridized carbons (Fsp3) is 0.182. The van der Waals surface area contributed by atoms with Gasteiger partial charge in [0, 0.05) is 27.5 Å². The standard InChI is InChI=1S/C33H30BN3O3/c1-32(2,38)33(3,4)40-34-23-19-17-22(18-20-23)30-35-29(21-11-6-5-7-12-21)36-31(37-30)25-14-10-16-27-28(25)24-13-8-9-15-26(24)39-27/h5-20,34,38H,1-4H3. The van der Waals surface area contributed by atoms with E-state index >= 15 is 0 Å². The van der Waals surface area contributed by atoms with Gasteiger partial charge in [-0.1, -0.05) is 90.4 Å². The van der Waals surface area contributed by atoms with E-state index in [4.69, 9.17) is 24.0 Å². The van der Waals surface area contributed by atoms with Gasteiger partial charge in [0.1, 0.15) is 11.2 Å². The molecule has 0 bridgehead atoms. The van der Waals surface area contributed by atoms with E-state index < -0.39 is 11.2 Å². The summed E-state index contributed by atoms with van der Waals surface area (Å²) in [5.74, 6) is 1.77. The number of furan rings is 1. The van der Waals surface area contributed by atoms with Crippen molar-refractivity contribution in [1.82, 2.24) is 15.0 Å². The Balaban J connectivity index is 1.43. The Bertz CT molecular complexity index is 1810. The molecule has 0 radical (unpaired) electrons. The summed E-state index contributed by atoms with van der Waals surface area (Å²) in [7, 11) is 0.380. The van der Waals surface area contributed by atoms with Crippen molar-refractivity contribution in [3.05, 3.63) is 97.1 Å². The van der Waals surface area contributed by atoms with Gasteiger partial charge in [-0.2, -0.15) is 0 Å². The Labute approximate surface area is 234 Å². The van der Waals surface area contributed by atoms with E-state index in [1.54, 1.807) is 13.8 Å². The molecule has 0 saturated carbocycles. The fourth-order valence-electron chi connectivity index (χ4n) is 4.49. The van der Waals surface area contributed by atoms with E-state index in [0.717, 1.165) is 44.1 Å². The van der Waals surface area contributed by atoms with E-state index in [2.05, 4.69) is 6.07 Å². The maximum Gasteiger partial charge on any atom is 0.309 e. The minimum atomic E-state index is -0.967. The van der Waals surface area contributed by atoms with Gasteiger partial charge in [0.05, 0.1) is 11.2 Å². The molecule has 0 fully saturated rings. The molecule has 40 heavy (non-hydrogen) atoms. The van der Waals surface area contributed by atoms with Gasteiger partial charge in [-0.05, 0) is 39.8 Å². The Morgan fingerprint density at radius 2 is 1.25 bits per heavy atom. The number of aliphatic hydroxyl groups is 1. The van der Waals surface area contributed by atoms with Crippen LogP contribution in [0.15, 0.2) is 101 Å². The molecule has 0 atom stereocenters. The monoisotopic (exact) mass is 527 g/mol. The molecule has 0 unspecified atom stereocenters. The second-order valence-electron chi connectivity index (χ2n) is 11.0. The highest BCUT2D eigenvalue weighted by molar-refractivity contribution is 6.47. The largest absolute Gasteiger partial charge is 0.456 e. The van der Waals surface area contributed by atoms with Crippen LogP contribution < -0.4 is 5.46 Å². The zero-order chi connectivity index (χ0) is 27.9. The molecule has 0 aliphatic heterocycles. The lowest BCUT2D eigenvalue weighted by molar-refractivity contribution is -0.0893. The SMILES string of the molecule is CC(C)(O)C(C)(C)OBc1ccc(-c2nc(-c3ccccc3)nc(-c3cccc4oc5ccccc5c34)n2)cc1.